The number of fused-ring (bicyclic) bond motifs is 4. The van der Waals surface area contributed by atoms with E-state index in [0.717, 1.165) is 42.1 Å². The molecule has 0 spiro atoms. The Bertz CT molecular complexity index is 664. The van der Waals surface area contributed by atoms with Gasteiger partial charge in [0.1, 0.15) is 30.5 Å². The molecule has 0 amide bonds. The van der Waals surface area contributed by atoms with Gasteiger partial charge in [0.2, 0.25) is 0 Å². The summed E-state index contributed by atoms with van der Waals surface area (Å²) in [5, 5.41) is 0.0870. The highest BCUT2D eigenvalue weighted by Gasteiger charge is 2.60. The number of halogens is 2. The van der Waals surface area contributed by atoms with Crippen LogP contribution in [0.2, 0.25) is 0 Å². The topological polar surface area (TPSA) is 72.5 Å². The summed E-state index contributed by atoms with van der Waals surface area (Å²) in [6.07, 6.45) is 4.12. The van der Waals surface area contributed by atoms with E-state index in [2.05, 4.69) is 29.2 Å². The molecule has 9 heteroatoms. The molecule has 0 N–H and O–H groups in total. The summed E-state index contributed by atoms with van der Waals surface area (Å²) in [4.78, 5) is 11.7. The molecule has 176 valence electrons. The van der Waals surface area contributed by atoms with E-state index in [1.165, 1.54) is 7.11 Å². The molecule has 4 aliphatic rings. The zero-order chi connectivity index (χ0) is 22.1. The van der Waals surface area contributed by atoms with Gasteiger partial charge in [-0.1, -0.05) is 6.58 Å². The minimum absolute atomic E-state index is 0.00279. The third-order valence-electron chi connectivity index (χ3n) is 6.80. The molecule has 0 aliphatic carbocycles. The summed E-state index contributed by atoms with van der Waals surface area (Å²) in [6.45, 7) is 3.93. The van der Waals surface area contributed by atoms with E-state index in [0.29, 0.717) is 0 Å². The van der Waals surface area contributed by atoms with Gasteiger partial charge in [0.25, 0.3) is 0 Å². The molecule has 0 aromatic carbocycles. The second kappa shape index (κ2) is 10.5. The molecule has 3 unspecified atom stereocenters. The van der Waals surface area contributed by atoms with Gasteiger partial charge >= 0.3 is 5.97 Å². The van der Waals surface area contributed by atoms with Crippen molar-refractivity contribution >= 4 is 40.2 Å². The molecular weight excluding hydrogens is 539 g/mol. The lowest BCUT2D eigenvalue weighted by Gasteiger charge is -2.47. The molecule has 10 atom stereocenters. The van der Waals surface area contributed by atoms with Gasteiger partial charge in [0.05, 0.1) is 37.9 Å². The first-order valence-electron chi connectivity index (χ1n) is 11.1. The van der Waals surface area contributed by atoms with Gasteiger partial charge in [-0.15, -0.1) is 11.6 Å². The van der Waals surface area contributed by atoms with Gasteiger partial charge in [-0.3, -0.25) is 4.79 Å². The Labute approximate surface area is 202 Å². The summed E-state index contributed by atoms with van der Waals surface area (Å²) in [5.74, 6) is -0.264. The maximum atomic E-state index is 11.7. The van der Waals surface area contributed by atoms with Crippen LogP contribution in [0.3, 0.4) is 0 Å². The van der Waals surface area contributed by atoms with E-state index < -0.39 is 0 Å². The van der Waals surface area contributed by atoms with Crippen molar-refractivity contribution in [1.29, 1.82) is 0 Å². The van der Waals surface area contributed by atoms with Crippen LogP contribution in [0.5, 0.6) is 0 Å². The molecule has 0 aromatic rings. The number of hydrogen-bond acceptors (Lipinski definition) is 7. The molecule has 4 rings (SSSR count). The van der Waals surface area contributed by atoms with Crippen molar-refractivity contribution in [2.24, 2.45) is 0 Å². The van der Waals surface area contributed by atoms with Gasteiger partial charge in [-0.05, 0) is 58.3 Å². The molecule has 0 bridgehead atoms. The largest absolute Gasteiger partial charge is 0.469 e. The average molecular weight is 571 g/mol. The second-order valence-electron chi connectivity index (χ2n) is 8.91. The fourth-order valence-corrected chi connectivity index (χ4v) is 6.47. The number of allylic oxidation sites excluding steroid dienone is 1. The number of carbonyl (C=O) groups excluding carboxylic acids is 1. The molecule has 0 saturated carbocycles. The first-order valence-corrected chi connectivity index (χ1v) is 12.6. The van der Waals surface area contributed by atoms with Gasteiger partial charge in [0, 0.05) is 18.9 Å². The molecular formula is C22H32ClIO7. The number of hydrogen-bond donors (Lipinski definition) is 0. The highest BCUT2D eigenvalue weighted by molar-refractivity contribution is 14.1. The molecule has 31 heavy (non-hydrogen) atoms. The Morgan fingerprint density at radius 3 is 2.52 bits per heavy atom. The zero-order valence-electron chi connectivity index (χ0n) is 18.0. The second-order valence-corrected chi connectivity index (χ2v) is 11.1. The fraction of sp³-hybridized carbons (Fsp3) is 0.864. The third-order valence-corrected chi connectivity index (χ3v) is 7.61. The van der Waals surface area contributed by atoms with E-state index in [9.17, 15) is 4.79 Å². The Morgan fingerprint density at radius 2 is 1.81 bits per heavy atom. The van der Waals surface area contributed by atoms with Crippen molar-refractivity contribution in [3.63, 3.8) is 0 Å². The van der Waals surface area contributed by atoms with Crippen LogP contribution in [0.4, 0.5) is 0 Å². The lowest BCUT2D eigenvalue weighted by molar-refractivity contribution is -0.269. The standard InChI is InChI=1S/C22H32ClIO7/c1-11(24)8-12(23)4-5-13-9-16-19(28-13)21-22(31-16)20(27-3)18-15(30-21)7-6-14(29-18)10-17(25)26-2/h12-16,18-22H,1,4-10H2,2-3H3/t12-,13-,14-,15+,16-,18+,19+,20?,21?,22?/m1/s1. The van der Waals surface area contributed by atoms with E-state index in [4.69, 9.17) is 40.0 Å². The van der Waals surface area contributed by atoms with Crippen molar-refractivity contribution in [3.05, 3.63) is 10.2 Å². The van der Waals surface area contributed by atoms with E-state index in [-0.39, 0.29) is 72.7 Å². The molecule has 0 radical (unpaired) electrons. The normalized spacial score (nSPS) is 42.4. The first kappa shape index (κ1) is 24.2. The highest BCUT2D eigenvalue weighted by Crippen LogP contribution is 2.45. The average Bonchev–Trinajstić information content (AvgIpc) is 3.27. The quantitative estimate of drug-likeness (QED) is 0.251. The lowest BCUT2D eigenvalue weighted by atomic mass is 9.88. The van der Waals surface area contributed by atoms with Crippen LogP contribution in [0, 0.1) is 0 Å². The van der Waals surface area contributed by atoms with Gasteiger partial charge in [-0.2, -0.15) is 0 Å². The van der Waals surface area contributed by atoms with E-state index in [1.54, 1.807) is 7.11 Å². The maximum absolute atomic E-state index is 11.7. The maximum Gasteiger partial charge on any atom is 0.308 e. The smallest absolute Gasteiger partial charge is 0.308 e. The van der Waals surface area contributed by atoms with Crippen molar-refractivity contribution in [3.8, 4) is 0 Å². The van der Waals surface area contributed by atoms with Crippen LogP contribution >= 0.6 is 34.2 Å². The van der Waals surface area contributed by atoms with E-state index >= 15 is 0 Å². The van der Waals surface area contributed by atoms with Crippen LogP contribution in [0.25, 0.3) is 0 Å². The minimum atomic E-state index is -0.264. The number of rotatable bonds is 8. The zero-order valence-corrected chi connectivity index (χ0v) is 21.0. The number of ether oxygens (including phenoxy) is 6. The highest BCUT2D eigenvalue weighted by atomic mass is 127. The summed E-state index contributed by atoms with van der Waals surface area (Å²) in [7, 11) is 3.08. The van der Waals surface area contributed by atoms with Gasteiger partial charge in [0.15, 0.2) is 0 Å². The van der Waals surface area contributed by atoms with Crippen LogP contribution in [0.15, 0.2) is 10.2 Å². The number of methoxy groups -OCH3 is 2. The lowest BCUT2D eigenvalue weighted by Crippen LogP contribution is -2.62. The van der Waals surface area contributed by atoms with Crippen molar-refractivity contribution in [1.82, 2.24) is 0 Å². The van der Waals surface area contributed by atoms with Crippen LogP contribution in [0.1, 0.15) is 44.9 Å². The Kier molecular flexibility index (Phi) is 8.21. The minimum Gasteiger partial charge on any atom is -0.469 e. The van der Waals surface area contributed by atoms with Crippen LogP contribution < -0.4 is 0 Å². The van der Waals surface area contributed by atoms with Crippen LogP contribution in [-0.4, -0.2) is 80.5 Å². The summed E-state index contributed by atoms with van der Waals surface area (Å²) >= 11 is 8.64. The van der Waals surface area contributed by atoms with Crippen molar-refractivity contribution < 1.29 is 33.2 Å². The number of esters is 1. The molecule has 0 aromatic heterocycles. The Balaban J connectivity index is 1.34. The number of alkyl halides is 1. The van der Waals surface area contributed by atoms with Gasteiger partial charge in [-0.25, -0.2) is 0 Å². The van der Waals surface area contributed by atoms with Crippen molar-refractivity contribution in [2.75, 3.05) is 14.2 Å². The first-order chi connectivity index (χ1) is 14.9. The molecule has 4 fully saturated rings. The van der Waals surface area contributed by atoms with Crippen molar-refractivity contribution in [2.45, 2.75) is 105 Å². The number of carbonyl (C=O) groups is 1. The predicted octanol–water partition coefficient (Wildman–Crippen LogP) is 3.53. The fourth-order valence-electron chi connectivity index (χ4n) is 5.36. The predicted molar refractivity (Wildman–Crippen MR) is 123 cm³/mol. The van der Waals surface area contributed by atoms with Gasteiger partial charge < -0.3 is 28.4 Å². The molecule has 7 nitrogen and oxygen atoms in total. The monoisotopic (exact) mass is 570 g/mol. The Morgan fingerprint density at radius 1 is 1.06 bits per heavy atom. The third kappa shape index (κ3) is 5.41. The van der Waals surface area contributed by atoms with Crippen LogP contribution in [-0.2, 0) is 33.2 Å². The Hall–Kier alpha value is 0.0300. The summed E-state index contributed by atoms with van der Waals surface area (Å²) in [6, 6.07) is 0. The molecule has 4 aliphatic heterocycles. The summed E-state index contributed by atoms with van der Waals surface area (Å²) in [5.41, 5.74) is 0. The summed E-state index contributed by atoms with van der Waals surface area (Å²) < 4.78 is 37.1. The molecule has 4 heterocycles. The molecule has 4 saturated heterocycles. The SMILES string of the molecule is C=C(I)C[C@H](Cl)CC[C@@H]1C[C@H]2OC3C(OC)[C@H]4O[C@@H](CC(=O)OC)CC[C@@H]4OC3[C@H]2O1. The van der Waals surface area contributed by atoms with E-state index in [1.807, 2.05) is 0 Å².